The van der Waals surface area contributed by atoms with Crippen LogP contribution in [0.4, 0.5) is 5.69 Å². The Bertz CT molecular complexity index is 1100. The fourth-order valence-electron chi connectivity index (χ4n) is 2.92. The standard InChI is InChI=1S/C19H18N6OS/c1-3-9-25-12(2)22-14-10-13(5-6-16(14)25)23-18(26)15-11-27-19(24-15)17-20-7-4-8-21-17/h4-8,10-11H,3,9H2,1-2H3,(H,23,26). The van der Waals surface area contributed by atoms with E-state index in [2.05, 4.69) is 36.7 Å². The first-order valence-corrected chi connectivity index (χ1v) is 9.55. The Kier molecular flexibility index (Phi) is 4.64. The van der Waals surface area contributed by atoms with Gasteiger partial charge in [-0.05, 0) is 37.6 Å². The number of thiazole rings is 1. The summed E-state index contributed by atoms with van der Waals surface area (Å²) in [6, 6.07) is 7.51. The number of aryl methyl sites for hydroxylation is 2. The number of carbonyl (C=O) groups is 1. The van der Waals surface area contributed by atoms with Crippen LogP contribution in [0.1, 0.15) is 29.7 Å². The maximum Gasteiger partial charge on any atom is 0.275 e. The molecule has 0 saturated carbocycles. The molecule has 27 heavy (non-hydrogen) atoms. The summed E-state index contributed by atoms with van der Waals surface area (Å²) in [5, 5.41) is 5.21. The predicted octanol–water partition coefficient (Wildman–Crippen LogP) is 3.92. The molecule has 8 heteroatoms. The van der Waals surface area contributed by atoms with Gasteiger partial charge in [-0.3, -0.25) is 4.79 Å². The van der Waals surface area contributed by atoms with Gasteiger partial charge in [0.1, 0.15) is 11.5 Å². The van der Waals surface area contributed by atoms with Gasteiger partial charge in [-0.25, -0.2) is 19.9 Å². The van der Waals surface area contributed by atoms with Gasteiger partial charge in [-0.2, -0.15) is 0 Å². The number of hydrogen-bond acceptors (Lipinski definition) is 6. The molecule has 7 nitrogen and oxygen atoms in total. The third-order valence-corrected chi connectivity index (χ3v) is 4.98. The van der Waals surface area contributed by atoms with Crippen LogP contribution in [0, 0.1) is 6.92 Å². The summed E-state index contributed by atoms with van der Waals surface area (Å²) < 4.78 is 2.19. The lowest BCUT2D eigenvalue weighted by Crippen LogP contribution is -2.12. The average molecular weight is 378 g/mol. The van der Waals surface area contributed by atoms with Crippen molar-refractivity contribution in [2.75, 3.05) is 5.32 Å². The molecule has 1 amide bonds. The maximum atomic E-state index is 12.5. The van der Waals surface area contributed by atoms with Crippen LogP contribution in [-0.4, -0.2) is 30.4 Å². The van der Waals surface area contributed by atoms with Gasteiger partial charge in [-0.15, -0.1) is 11.3 Å². The quantitative estimate of drug-likeness (QED) is 0.569. The number of carbonyl (C=O) groups excluding carboxylic acids is 1. The van der Waals surface area contributed by atoms with Crippen LogP contribution in [0.25, 0.3) is 21.9 Å². The molecule has 3 heterocycles. The SMILES string of the molecule is CCCn1c(C)nc2cc(NC(=O)c3csc(-c4ncccn4)n3)ccc21. The second kappa shape index (κ2) is 7.24. The van der Waals surface area contributed by atoms with Gasteiger partial charge in [0.05, 0.1) is 11.0 Å². The minimum absolute atomic E-state index is 0.266. The highest BCUT2D eigenvalue weighted by Crippen LogP contribution is 2.23. The van der Waals surface area contributed by atoms with Crippen LogP contribution in [0.2, 0.25) is 0 Å². The molecule has 1 aromatic carbocycles. The molecule has 1 N–H and O–H groups in total. The van der Waals surface area contributed by atoms with Gasteiger partial charge in [0.25, 0.3) is 5.91 Å². The first kappa shape index (κ1) is 17.3. The molecule has 0 bridgehead atoms. The zero-order valence-corrected chi connectivity index (χ0v) is 15.8. The number of anilines is 1. The fourth-order valence-corrected chi connectivity index (χ4v) is 3.66. The summed E-state index contributed by atoms with van der Waals surface area (Å²) in [5.41, 5.74) is 2.98. The van der Waals surface area contributed by atoms with E-state index in [0.29, 0.717) is 22.2 Å². The number of amides is 1. The third-order valence-electron chi connectivity index (χ3n) is 4.14. The molecular weight excluding hydrogens is 360 g/mol. The second-order valence-electron chi connectivity index (χ2n) is 6.08. The van der Waals surface area contributed by atoms with Crippen molar-refractivity contribution in [1.29, 1.82) is 0 Å². The Morgan fingerprint density at radius 3 is 2.81 bits per heavy atom. The summed E-state index contributed by atoms with van der Waals surface area (Å²) >= 11 is 1.34. The first-order chi connectivity index (χ1) is 13.2. The largest absolute Gasteiger partial charge is 0.328 e. The van der Waals surface area contributed by atoms with Gasteiger partial charge >= 0.3 is 0 Å². The van der Waals surface area contributed by atoms with Crippen molar-refractivity contribution in [3.05, 3.63) is 53.6 Å². The lowest BCUT2D eigenvalue weighted by atomic mass is 10.2. The van der Waals surface area contributed by atoms with E-state index in [4.69, 9.17) is 0 Å². The monoisotopic (exact) mass is 378 g/mol. The molecule has 0 atom stereocenters. The Balaban J connectivity index is 1.55. The lowest BCUT2D eigenvalue weighted by Gasteiger charge is -2.06. The number of benzene rings is 1. The van der Waals surface area contributed by atoms with E-state index in [1.54, 1.807) is 23.8 Å². The summed E-state index contributed by atoms with van der Waals surface area (Å²) in [7, 11) is 0. The van der Waals surface area contributed by atoms with Gasteiger partial charge < -0.3 is 9.88 Å². The molecule has 0 radical (unpaired) electrons. The number of nitrogens with zero attached hydrogens (tertiary/aromatic N) is 5. The highest BCUT2D eigenvalue weighted by atomic mass is 32.1. The third kappa shape index (κ3) is 3.43. The number of hydrogen-bond donors (Lipinski definition) is 1. The van der Waals surface area contributed by atoms with E-state index >= 15 is 0 Å². The van der Waals surface area contributed by atoms with Crippen molar-refractivity contribution in [3.63, 3.8) is 0 Å². The van der Waals surface area contributed by atoms with E-state index < -0.39 is 0 Å². The molecule has 3 aromatic heterocycles. The highest BCUT2D eigenvalue weighted by molar-refractivity contribution is 7.13. The van der Waals surface area contributed by atoms with Gasteiger partial charge in [-0.1, -0.05) is 6.92 Å². The lowest BCUT2D eigenvalue weighted by molar-refractivity contribution is 0.102. The first-order valence-electron chi connectivity index (χ1n) is 8.67. The molecule has 0 unspecified atom stereocenters. The average Bonchev–Trinajstić information content (AvgIpc) is 3.28. The second-order valence-corrected chi connectivity index (χ2v) is 6.94. The van der Waals surface area contributed by atoms with E-state index in [-0.39, 0.29) is 5.91 Å². The molecule has 0 saturated heterocycles. The minimum atomic E-state index is -0.266. The predicted molar refractivity (Wildman–Crippen MR) is 106 cm³/mol. The van der Waals surface area contributed by atoms with E-state index in [0.717, 1.165) is 29.8 Å². The van der Waals surface area contributed by atoms with Crippen molar-refractivity contribution in [3.8, 4) is 10.8 Å². The molecule has 136 valence electrons. The van der Waals surface area contributed by atoms with E-state index in [9.17, 15) is 4.79 Å². The Labute approximate surface area is 160 Å². The Morgan fingerprint density at radius 1 is 1.22 bits per heavy atom. The van der Waals surface area contributed by atoms with E-state index in [1.165, 1.54) is 11.3 Å². The van der Waals surface area contributed by atoms with Crippen molar-refractivity contribution in [2.24, 2.45) is 0 Å². The highest BCUT2D eigenvalue weighted by Gasteiger charge is 2.14. The number of imidazole rings is 1. The van der Waals surface area contributed by atoms with E-state index in [1.807, 2.05) is 25.1 Å². The summed E-state index contributed by atoms with van der Waals surface area (Å²) in [5.74, 6) is 1.22. The molecule has 0 fully saturated rings. The normalized spacial score (nSPS) is 11.0. The van der Waals surface area contributed by atoms with Crippen LogP contribution in [0.3, 0.4) is 0 Å². The molecule has 4 aromatic rings. The zero-order chi connectivity index (χ0) is 18.8. The summed E-state index contributed by atoms with van der Waals surface area (Å²) in [6.07, 6.45) is 4.35. The fraction of sp³-hybridized carbons (Fsp3) is 0.211. The molecular formula is C19H18N6OS. The van der Waals surface area contributed by atoms with Crippen molar-refractivity contribution in [1.82, 2.24) is 24.5 Å². The molecule has 0 aliphatic rings. The van der Waals surface area contributed by atoms with Gasteiger partial charge in [0, 0.05) is 30.0 Å². The Morgan fingerprint density at radius 2 is 2.04 bits per heavy atom. The van der Waals surface area contributed by atoms with Gasteiger partial charge in [0.2, 0.25) is 0 Å². The maximum absolute atomic E-state index is 12.5. The number of fused-ring (bicyclic) bond motifs is 1. The summed E-state index contributed by atoms with van der Waals surface area (Å²) in [6.45, 7) is 5.07. The molecule has 0 aliphatic heterocycles. The van der Waals surface area contributed by atoms with Crippen LogP contribution < -0.4 is 5.32 Å². The van der Waals surface area contributed by atoms with Crippen molar-refractivity contribution in [2.45, 2.75) is 26.8 Å². The van der Waals surface area contributed by atoms with Crippen LogP contribution in [0.5, 0.6) is 0 Å². The summed E-state index contributed by atoms with van der Waals surface area (Å²) in [4.78, 5) is 29.8. The molecule has 0 spiro atoms. The molecule has 4 rings (SSSR count). The molecule has 0 aliphatic carbocycles. The number of aromatic nitrogens is 5. The van der Waals surface area contributed by atoms with Gasteiger partial charge in [0.15, 0.2) is 10.8 Å². The Hall–Kier alpha value is -3.13. The van der Waals surface area contributed by atoms with Crippen LogP contribution in [-0.2, 0) is 6.54 Å². The minimum Gasteiger partial charge on any atom is -0.328 e. The van der Waals surface area contributed by atoms with Crippen LogP contribution >= 0.6 is 11.3 Å². The van der Waals surface area contributed by atoms with Crippen LogP contribution in [0.15, 0.2) is 42.0 Å². The topological polar surface area (TPSA) is 85.6 Å². The zero-order valence-electron chi connectivity index (χ0n) is 15.0. The number of rotatable bonds is 5. The number of nitrogens with one attached hydrogen (secondary N) is 1. The smallest absolute Gasteiger partial charge is 0.275 e. The van der Waals surface area contributed by atoms with Crippen molar-refractivity contribution >= 4 is 34.0 Å². The van der Waals surface area contributed by atoms with Crippen molar-refractivity contribution < 1.29 is 4.79 Å².